The van der Waals surface area contributed by atoms with E-state index in [0.29, 0.717) is 5.56 Å². The number of carboxylic acids is 2. The molecule has 2 N–H and O–H groups in total. The Balaban J connectivity index is 3.45. The van der Waals surface area contributed by atoms with Crippen molar-refractivity contribution >= 4 is 11.9 Å². The minimum atomic E-state index is -1.05. The summed E-state index contributed by atoms with van der Waals surface area (Å²) in [6, 6.07) is 4.07. The summed E-state index contributed by atoms with van der Waals surface area (Å²) in [5.41, 5.74) is 0.381. The summed E-state index contributed by atoms with van der Waals surface area (Å²) in [4.78, 5) is 21.8. The normalized spacial score (nSPS) is 11.2. The summed E-state index contributed by atoms with van der Waals surface area (Å²) >= 11 is 0. The van der Waals surface area contributed by atoms with Crippen LogP contribution in [0.5, 0.6) is 0 Å². The number of hydrogen-bond donors (Lipinski definition) is 2. The molecule has 0 aliphatic heterocycles. The number of benzene rings is 1. The second kappa shape index (κ2) is 3.96. The molecule has 0 bridgehead atoms. The molecule has 0 radical (unpaired) electrons. The second-order valence-corrected chi connectivity index (χ2v) is 4.62. The van der Waals surface area contributed by atoms with Gasteiger partial charge in [-0.15, -0.1) is 0 Å². The lowest BCUT2D eigenvalue weighted by molar-refractivity contribution is 0.0679. The van der Waals surface area contributed by atoms with Crippen molar-refractivity contribution in [1.82, 2.24) is 0 Å². The molecule has 0 atom stereocenters. The largest absolute Gasteiger partial charge is 0.478 e. The molecule has 1 aromatic rings. The van der Waals surface area contributed by atoms with Crippen molar-refractivity contribution in [3.8, 4) is 0 Å². The number of carboxylic acid groups (broad SMARTS) is 2. The van der Waals surface area contributed by atoms with Crippen LogP contribution in [0.4, 0.5) is 0 Å². The van der Waals surface area contributed by atoms with E-state index in [2.05, 4.69) is 0 Å². The van der Waals surface area contributed by atoms with Gasteiger partial charge in [-0.25, -0.2) is 9.59 Å². The molecule has 1 aromatic carbocycles. The average molecular weight is 222 g/mol. The summed E-state index contributed by atoms with van der Waals surface area (Å²) in [6.07, 6.45) is 0. The van der Waals surface area contributed by atoms with E-state index in [1.807, 2.05) is 20.8 Å². The number of hydrogen-bond acceptors (Lipinski definition) is 2. The van der Waals surface area contributed by atoms with Crippen molar-refractivity contribution in [2.75, 3.05) is 0 Å². The van der Waals surface area contributed by atoms with Crippen LogP contribution in [-0.4, -0.2) is 22.2 Å². The molecule has 0 unspecified atom stereocenters. The maximum Gasteiger partial charge on any atom is 0.335 e. The number of rotatable bonds is 2. The fraction of sp³-hybridized carbons (Fsp3) is 0.333. The van der Waals surface area contributed by atoms with E-state index in [1.54, 1.807) is 0 Å². The molecule has 0 fully saturated rings. The molecule has 0 aliphatic carbocycles. The molecular formula is C12H14O4. The van der Waals surface area contributed by atoms with E-state index < -0.39 is 17.4 Å². The van der Waals surface area contributed by atoms with Crippen molar-refractivity contribution in [2.45, 2.75) is 26.2 Å². The van der Waals surface area contributed by atoms with Gasteiger partial charge in [-0.3, -0.25) is 0 Å². The molecular weight excluding hydrogens is 208 g/mol. The van der Waals surface area contributed by atoms with Crippen LogP contribution < -0.4 is 0 Å². The lowest BCUT2D eigenvalue weighted by Crippen LogP contribution is -2.18. The fourth-order valence-electron chi connectivity index (χ4n) is 1.48. The van der Waals surface area contributed by atoms with Crippen molar-refractivity contribution in [2.24, 2.45) is 0 Å². The molecule has 0 spiro atoms. The Bertz CT molecular complexity index is 441. The topological polar surface area (TPSA) is 74.6 Å². The molecule has 0 saturated heterocycles. The van der Waals surface area contributed by atoms with Crippen LogP contribution in [0.15, 0.2) is 18.2 Å². The lowest BCUT2D eigenvalue weighted by atomic mass is 9.83. The van der Waals surface area contributed by atoms with E-state index in [-0.39, 0.29) is 11.1 Å². The fourth-order valence-corrected chi connectivity index (χ4v) is 1.48. The van der Waals surface area contributed by atoms with E-state index in [1.165, 1.54) is 18.2 Å². The standard InChI is InChI=1S/C12H14O4/c1-12(2,3)9-6-7(10(13)14)4-5-8(9)11(15)16/h4-6H,1-3H3,(H,13,14)(H,15,16). The van der Waals surface area contributed by atoms with Crippen LogP contribution in [0.25, 0.3) is 0 Å². The Hall–Kier alpha value is -1.84. The summed E-state index contributed by atoms with van der Waals surface area (Å²) in [5, 5.41) is 17.9. The van der Waals surface area contributed by atoms with Crippen molar-refractivity contribution in [1.29, 1.82) is 0 Å². The second-order valence-electron chi connectivity index (χ2n) is 4.62. The van der Waals surface area contributed by atoms with Crippen molar-refractivity contribution < 1.29 is 19.8 Å². The van der Waals surface area contributed by atoms with E-state index in [9.17, 15) is 9.59 Å². The van der Waals surface area contributed by atoms with Gasteiger partial charge in [-0.05, 0) is 29.2 Å². The zero-order chi connectivity index (χ0) is 12.5. The first-order valence-corrected chi connectivity index (χ1v) is 4.84. The predicted molar refractivity (Wildman–Crippen MR) is 59.1 cm³/mol. The SMILES string of the molecule is CC(C)(C)c1cc(C(=O)O)ccc1C(=O)O. The van der Waals surface area contributed by atoms with Gasteiger partial charge in [0.05, 0.1) is 11.1 Å². The van der Waals surface area contributed by atoms with Gasteiger partial charge in [0.15, 0.2) is 0 Å². The van der Waals surface area contributed by atoms with Crippen molar-refractivity contribution in [3.63, 3.8) is 0 Å². The Morgan fingerprint density at radius 1 is 1.06 bits per heavy atom. The maximum absolute atomic E-state index is 11.0. The van der Waals surface area contributed by atoms with Crippen LogP contribution in [0, 0.1) is 0 Å². The van der Waals surface area contributed by atoms with Gasteiger partial charge in [0.1, 0.15) is 0 Å². The summed E-state index contributed by atoms with van der Waals surface area (Å²) in [6.45, 7) is 5.54. The Labute approximate surface area is 93.5 Å². The maximum atomic E-state index is 11.0. The number of carbonyl (C=O) groups is 2. The van der Waals surface area contributed by atoms with Crippen LogP contribution in [0.1, 0.15) is 47.1 Å². The zero-order valence-electron chi connectivity index (χ0n) is 9.44. The summed E-state index contributed by atoms with van der Waals surface area (Å²) < 4.78 is 0. The molecule has 4 heteroatoms. The Morgan fingerprint density at radius 3 is 2.00 bits per heavy atom. The minimum absolute atomic E-state index is 0.106. The van der Waals surface area contributed by atoms with E-state index in [4.69, 9.17) is 10.2 Å². The highest BCUT2D eigenvalue weighted by Gasteiger charge is 2.22. The van der Waals surface area contributed by atoms with Gasteiger partial charge in [0.2, 0.25) is 0 Å². The molecule has 0 heterocycles. The van der Waals surface area contributed by atoms with Gasteiger partial charge >= 0.3 is 11.9 Å². The van der Waals surface area contributed by atoms with E-state index in [0.717, 1.165) is 0 Å². The molecule has 16 heavy (non-hydrogen) atoms. The van der Waals surface area contributed by atoms with Crippen LogP contribution in [-0.2, 0) is 5.41 Å². The first-order valence-electron chi connectivity index (χ1n) is 4.84. The lowest BCUT2D eigenvalue weighted by Gasteiger charge is -2.21. The first kappa shape index (κ1) is 12.2. The van der Waals surface area contributed by atoms with Gasteiger partial charge in [0, 0.05) is 0 Å². The number of aromatic carboxylic acids is 2. The molecule has 0 saturated carbocycles. The quantitative estimate of drug-likeness (QED) is 0.805. The Kier molecular flexibility index (Phi) is 3.03. The van der Waals surface area contributed by atoms with Crippen LogP contribution in [0.3, 0.4) is 0 Å². The zero-order valence-corrected chi connectivity index (χ0v) is 9.44. The van der Waals surface area contributed by atoms with Crippen LogP contribution in [0.2, 0.25) is 0 Å². The van der Waals surface area contributed by atoms with Gasteiger partial charge in [-0.2, -0.15) is 0 Å². The highest BCUT2D eigenvalue weighted by molar-refractivity contribution is 5.93. The average Bonchev–Trinajstić information content (AvgIpc) is 2.15. The molecule has 1 rings (SSSR count). The van der Waals surface area contributed by atoms with Crippen molar-refractivity contribution in [3.05, 3.63) is 34.9 Å². The predicted octanol–water partition coefficient (Wildman–Crippen LogP) is 2.38. The van der Waals surface area contributed by atoms with Crippen LogP contribution >= 0.6 is 0 Å². The minimum Gasteiger partial charge on any atom is -0.478 e. The van der Waals surface area contributed by atoms with E-state index >= 15 is 0 Å². The van der Waals surface area contributed by atoms with Gasteiger partial charge < -0.3 is 10.2 Å². The first-order chi connectivity index (χ1) is 7.23. The third-order valence-electron chi connectivity index (χ3n) is 2.30. The summed E-state index contributed by atoms with van der Waals surface area (Å²) in [5.74, 6) is -2.09. The Morgan fingerprint density at radius 2 is 1.62 bits per heavy atom. The molecule has 0 amide bonds. The van der Waals surface area contributed by atoms with Gasteiger partial charge in [-0.1, -0.05) is 20.8 Å². The monoisotopic (exact) mass is 222 g/mol. The third-order valence-corrected chi connectivity index (χ3v) is 2.30. The molecule has 0 aliphatic rings. The molecule has 4 nitrogen and oxygen atoms in total. The molecule has 86 valence electrons. The smallest absolute Gasteiger partial charge is 0.335 e. The summed E-state index contributed by atoms with van der Waals surface area (Å²) in [7, 11) is 0. The molecule has 0 aromatic heterocycles. The third kappa shape index (κ3) is 2.39. The highest BCUT2D eigenvalue weighted by Crippen LogP contribution is 2.27. The highest BCUT2D eigenvalue weighted by atomic mass is 16.4. The van der Waals surface area contributed by atoms with Gasteiger partial charge in [0.25, 0.3) is 0 Å².